The number of amides is 1. The molecule has 1 amide bonds. The van der Waals surface area contributed by atoms with E-state index in [9.17, 15) is 4.79 Å². The van der Waals surface area contributed by atoms with E-state index in [0.29, 0.717) is 18.0 Å². The Morgan fingerprint density at radius 2 is 1.96 bits per heavy atom. The highest BCUT2D eigenvalue weighted by Crippen LogP contribution is 2.35. The van der Waals surface area contributed by atoms with E-state index in [1.54, 1.807) is 13.3 Å². The largest absolute Gasteiger partial charge is 0.480 e. The molecule has 0 radical (unpaired) electrons. The summed E-state index contributed by atoms with van der Waals surface area (Å²) in [6, 6.07) is 3.96. The molecular weight excluding hydrogens is 330 g/mol. The zero-order valence-corrected chi connectivity index (χ0v) is 15.6. The lowest BCUT2D eigenvalue weighted by Crippen LogP contribution is -2.30. The van der Waals surface area contributed by atoms with Gasteiger partial charge in [0.2, 0.25) is 5.88 Å². The average Bonchev–Trinajstić information content (AvgIpc) is 3.14. The number of pyridine rings is 2. The van der Waals surface area contributed by atoms with Crippen LogP contribution in [0.3, 0.4) is 0 Å². The number of hydrogen-bond acceptors (Lipinski definition) is 5. The SMILES string of the molecule is COc1nc2c(cc1-c1cc(C)c3c(cnn3C)n1)C(=O)N(C(C)C)C2. The van der Waals surface area contributed by atoms with Crippen molar-refractivity contribution in [2.45, 2.75) is 33.4 Å². The molecule has 0 fully saturated rings. The highest BCUT2D eigenvalue weighted by atomic mass is 16.5. The minimum absolute atomic E-state index is 0.00517. The number of aromatic nitrogens is 4. The number of fused-ring (bicyclic) bond motifs is 2. The van der Waals surface area contributed by atoms with Gasteiger partial charge in [0.25, 0.3) is 5.91 Å². The first kappa shape index (κ1) is 16.5. The molecule has 0 aliphatic carbocycles. The quantitative estimate of drug-likeness (QED) is 0.725. The van der Waals surface area contributed by atoms with E-state index in [-0.39, 0.29) is 11.9 Å². The summed E-state index contributed by atoms with van der Waals surface area (Å²) in [5, 5.41) is 4.28. The van der Waals surface area contributed by atoms with Crippen molar-refractivity contribution in [2.24, 2.45) is 7.05 Å². The van der Waals surface area contributed by atoms with Crippen LogP contribution < -0.4 is 4.74 Å². The van der Waals surface area contributed by atoms with Crippen LogP contribution in [0.2, 0.25) is 0 Å². The summed E-state index contributed by atoms with van der Waals surface area (Å²) >= 11 is 0. The van der Waals surface area contributed by atoms with E-state index in [0.717, 1.165) is 33.5 Å². The monoisotopic (exact) mass is 351 g/mol. The third-order valence-electron chi connectivity index (χ3n) is 4.86. The number of carbonyl (C=O) groups is 1. The van der Waals surface area contributed by atoms with Gasteiger partial charge in [-0.15, -0.1) is 0 Å². The Labute approximate surface area is 151 Å². The fourth-order valence-corrected chi connectivity index (χ4v) is 3.52. The lowest BCUT2D eigenvalue weighted by Gasteiger charge is -2.19. The highest BCUT2D eigenvalue weighted by Gasteiger charge is 2.32. The molecule has 7 heteroatoms. The number of hydrogen-bond donors (Lipinski definition) is 0. The second kappa shape index (κ2) is 5.79. The van der Waals surface area contributed by atoms with Gasteiger partial charge in [0.05, 0.1) is 47.9 Å². The van der Waals surface area contributed by atoms with Crippen LogP contribution in [-0.2, 0) is 13.6 Å². The molecule has 0 bridgehead atoms. The average molecular weight is 351 g/mol. The Hall–Kier alpha value is -2.96. The Morgan fingerprint density at radius 1 is 1.19 bits per heavy atom. The van der Waals surface area contributed by atoms with E-state index >= 15 is 0 Å². The van der Waals surface area contributed by atoms with Gasteiger partial charge in [0.1, 0.15) is 5.52 Å². The van der Waals surface area contributed by atoms with Gasteiger partial charge in [0, 0.05) is 13.1 Å². The Kier molecular flexibility index (Phi) is 3.68. The third kappa shape index (κ3) is 2.34. The molecule has 0 unspecified atom stereocenters. The maximum atomic E-state index is 12.7. The zero-order valence-electron chi connectivity index (χ0n) is 15.6. The molecule has 0 spiro atoms. The molecule has 0 aromatic carbocycles. The van der Waals surface area contributed by atoms with Gasteiger partial charge in [-0.05, 0) is 38.5 Å². The van der Waals surface area contributed by atoms with Crippen LogP contribution in [0.25, 0.3) is 22.3 Å². The molecule has 3 aromatic heterocycles. The van der Waals surface area contributed by atoms with Gasteiger partial charge in [-0.25, -0.2) is 9.97 Å². The van der Waals surface area contributed by atoms with Gasteiger partial charge in [0.15, 0.2) is 0 Å². The molecule has 1 aliphatic heterocycles. The first-order valence-electron chi connectivity index (χ1n) is 8.59. The van der Waals surface area contributed by atoms with Crippen LogP contribution in [0.4, 0.5) is 0 Å². The van der Waals surface area contributed by atoms with E-state index in [4.69, 9.17) is 9.72 Å². The van der Waals surface area contributed by atoms with Crippen LogP contribution in [0.1, 0.15) is 35.5 Å². The lowest BCUT2D eigenvalue weighted by atomic mass is 10.1. The number of aryl methyl sites for hydroxylation is 2. The maximum absolute atomic E-state index is 12.7. The molecule has 134 valence electrons. The summed E-state index contributed by atoms with van der Waals surface area (Å²) in [6.07, 6.45) is 1.74. The summed E-state index contributed by atoms with van der Waals surface area (Å²) in [4.78, 5) is 23.8. The molecule has 0 atom stereocenters. The molecule has 3 aromatic rings. The second-order valence-corrected chi connectivity index (χ2v) is 6.89. The molecule has 0 N–H and O–H groups in total. The fraction of sp³-hybridized carbons (Fsp3) is 0.368. The van der Waals surface area contributed by atoms with Gasteiger partial charge in [-0.2, -0.15) is 5.10 Å². The predicted octanol–water partition coefficient (Wildman–Crippen LogP) is 2.71. The molecule has 7 nitrogen and oxygen atoms in total. The first-order valence-corrected chi connectivity index (χ1v) is 8.59. The van der Waals surface area contributed by atoms with Crippen molar-refractivity contribution in [3.05, 3.63) is 35.2 Å². The van der Waals surface area contributed by atoms with Crippen LogP contribution in [0.5, 0.6) is 5.88 Å². The van der Waals surface area contributed by atoms with E-state index in [1.807, 2.05) is 49.5 Å². The van der Waals surface area contributed by atoms with Crippen molar-refractivity contribution in [2.75, 3.05) is 7.11 Å². The number of carbonyl (C=O) groups excluding carboxylic acids is 1. The van der Waals surface area contributed by atoms with Crippen LogP contribution >= 0.6 is 0 Å². The predicted molar refractivity (Wildman–Crippen MR) is 98.0 cm³/mol. The summed E-state index contributed by atoms with van der Waals surface area (Å²) in [7, 11) is 3.48. The standard InChI is InChI=1S/C19H21N5O2/c1-10(2)24-9-16-13(19(24)25)7-12(18(22-16)26-5)14-6-11(3)17-15(21-14)8-20-23(17)4/h6-8,10H,9H2,1-5H3. The molecule has 26 heavy (non-hydrogen) atoms. The van der Waals surface area contributed by atoms with E-state index < -0.39 is 0 Å². The molecule has 0 saturated heterocycles. The Bertz CT molecular complexity index is 1040. The van der Waals surface area contributed by atoms with Crippen LogP contribution in [0, 0.1) is 6.92 Å². The summed E-state index contributed by atoms with van der Waals surface area (Å²) in [5.74, 6) is 0.489. The van der Waals surface area contributed by atoms with Crippen LogP contribution in [-0.4, -0.2) is 43.7 Å². The number of ether oxygens (including phenoxy) is 1. The van der Waals surface area contributed by atoms with Crippen molar-refractivity contribution in [1.82, 2.24) is 24.6 Å². The van der Waals surface area contributed by atoms with Crippen molar-refractivity contribution in [3.8, 4) is 17.1 Å². The maximum Gasteiger partial charge on any atom is 0.256 e. The van der Waals surface area contributed by atoms with Crippen LogP contribution in [0.15, 0.2) is 18.3 Å². The van der Waals surface area contributed by atoms with E-state index in [2.05, 4.69) is 10.1 Å². The molecule has 4 rings (SSSR count). The Balaban J connectivity index is 1.89. The smallest absolute Gasteiger partial charge is 0.256 e. The first-order chi connectivity index (χ1) is 12.4. The van der Waals surface area contributed by atoms with Crippen molar-refractivity contribution < 1.29 is 9.53 Å². The number of methoxy groups -OCH3 is 1. The van der Waals surface area contributed by atoms with Gasteiger partial charge in [-0.3, -0.25) is 9.48 Å². The minimum Gasteiger partial charge on any atom is -0.480 e. The third-order valence-corrected chi connectivity index (χ3v) is 4.86. The molecular formula is C19H21N5O2. The van der Waals surface area contributed by atoms with Crippen molar-refractivity contribution in [1.29, 1.82) is 0 Å². The second-order valence-electron chi connectivity index (χ2n) is 6.89. The highest BCUT2D eigenvalue weighted by molar-refractivity contribution is 5.99. The van der Waals surface area contributed by atoms with Crippen molar-refractivity contribution in [3.63, 3.8) is 0 Å². The lowest BCUT2D eigenvalue weighted by molar-refractivity contribution is 0.0730. The number of rotatable bonds is 3. The summed E-state index contributed by atoms with van der Waals surface area (Å²) in [5.41, 5.74) is 5.68. The number of nitrogens with zero attached hydrogens (tertiary/aromatic N) is 5. The van der Waals surface area contributed by atoms with Gasteiger partial charge in [-0.1, -0.05) is 0 Å². The zero-order chi connectivity index (χ0) is 18.6. The normalized spacial score (nSPS) is 13.8. The summed E-state index contributed by atoms with van der Waals surface area (Å²) < 4.78 is 7.32. The molecule has 0 saturated carbocycles. The minimum atomic E-state index is 0.00517. The van der Waals surface area contributed by atoms with Gasteiger partial charge >= 0.3 is 0 Å². The molecule has 1 aliphatic rings. The van der Waals surface area contributed by atoms with Gasteiger partial charge < -0.3 is 9.64 Å². The topological polar surface area (TPSA) is 73.1 Å². The van der Waals surface area contributed by atoms with Crippen molar-refractivity contribution >= 4 is 16.9 Å². The summed E-state index contributed by atoms with van der Waals surface area (Å²) in [6.45, 7) is 6.54. The molecule has 4 heterocycles. The Morgan fingerprint density at radius 3 is 2.65 bits per heavy atom. The van der Waals surface area contributed by atoms with E-state index in [1.165, 1.54) is 0 Å². The fourth-order valence-electron chi connectivity index (χ4n) is 3.52.